The molecule has 3 rings (SSSR count). The molecule has 1 aromatic rings. The van der Waals surface area contributed by atoms with Crippen LogP contribution in [0, 0.1) is 0 Å². The SMILES string of the molecule is O=c1n(CC2CO2)nc2n1CCC2. The molecule has 1 atom stereocenters. The molecule has 0 bridgehead atoms. The van der Waals surface area contributed by atoms with E-state index in [4.69, 9.17) is 4.74 Å². The van der Waals surface area contributed by atoms with Gasteiger partial charge >= 0.3 is 5.69 Å². The van der Waals surface area contributed by atoms with E-state index in [1.54, 1.807) is 4.57 Å². The number of nitrogens with zero attached hydrogens (tertiary/aromatic N) is 3. The highest BCUT2D eigenvalue weighted by molar-refractivity contribution is 4.93. The van der Waals surface area contributed by atoms with E-state index in [-0.39, 0.29) is 11.8 Å². The number of ether oxygens (including phenoxy) is 1. The van der Waals surface area contributed by atoms with E-state index in [0.717, 1.165) is 31.8 Å². The minimum absolute atomic E-state index is 0.0306. The summed E-state index contributed by atoms with van der Waals surface area (Å²) in [5.41, 5.74) is 0.0306. The van der Waals surface area contributed by atoms with Gasteiger partial charge in [-0.05, 0) is 6.42 Å². The van der Waals surface area contributed by atoms with Gasteiger partial charge in [0.25, 0.3) is 0 Å². The van der Waals surface area contributed by atoms with E-state index in [9.17, 15) is 4.79 Å². The lowest BCUT2D eigenvalue weighted by molar-refractivity contribution is 0.368. The minimum Gasteiger partial charge on any atom is -0.371 e. The predicted molar refractivity (Wildman–Crippen MR) is 44.5 cm³/mol. The number of hydrogen-bond donors (Lipinski definition) is 0. The van der Waals surface area contributed by atoms with E-state index in [1.165, 1.54) is 4.68 Å². The zero-order valence-electron chi connectivity index (χ0n) is 7.27. The van der Waals surface area contributed by atoms with Crippen molar-refractivity contribution in [3.8, 4) is 0 Å². The van der Waals surface area contributed by atoms with E-state index < -0.39 is 0 Å². The number of aryl methyl sites for hydroxylation is 1. The van der Waals surface area contributed by atoms with E-state index in [1.807, 2.05) is 0 Å². The second-order valence-electron chi connectivity index (χ2n) is 3.59. The molecular formula is C8H11N3O2. The van der Waals surface area contributed by atoms with Crippen molar-refractivity contribution in [3.63, 3.8) is 0 Å². The Kier molecular flexibility index (Phi) is 1.38. The molecule has 1 unspecified atom stereocenters. The highest BCUT2D eigenvalue weighted by atomic mass is 16.6. The van der Waals surface area contributed by atoms with Crippen molar-refractivity contribution in [1.29, 1.82) is 0 Å². The third-order valence-electron chi connectivity index (χ3n) is 2.56. The molecule has 1 aromatic heterocycles. The monoisotopic (exact) mass is 181 g/mol. The van der Waals surface area contributed by atoms with E-state index in [2.05, 4.69) is 5.10 Å². The summed E-state index contributed by atoms with van der Waals surface area (Å²) in [6, 6.07) is 0. The van der Waals surface area contributed by atoms with Gasteiger partial charge in [0.15, 0.2) is 0 Å². The van der Waals surface area contributed by atoms with Gasteiger partial charge in [0.05, 0.1) is 13.2 Å². The molecule has 0 amide bonds. The van der Waals surface area contributed by atoms with Gasteiger partial charge in [0.1, 0.15) is 11.9 Å². The fraction of sp³-hybridized carbons (Fsp3) is 0.750. The van der Waals surface area contributed by atoms with Gasteiger partial charge in [0.2, 0.25) is 0 Å². The molecular weight excluding hydrogens is 170 g/mol. The second kappa shape index (κ2) is 2.45. The second-order valence-corrected chi connectivity index (χ2v) is 3.59. The average molecular weight is 181 g/mol. The Labute approximate surface area is 74.9 Å². The fourth-order valence-corrected chi connectivity index (χ4v) is 1.78. The molecule has 0 aromatic carbocycles. The van der Waals surface area contributed by atoms with Gasteiger partial charge in [-0.2, -0.15) is 5.10 Å². The zero-order chi connectivity index (χ0) is 8.84. The maximum Gasteiger partial charge on any atom is 0.346 e. The maximum atomic E-state index is 11.6. The van der Waals surface area contributed by atoms with Crippen LogP contribution in [-0.2, 0) is 24.2 Å². The van der Waals surface area contributed by atoms with Crippen molar-refractivity contribution >= 4 is 0 Å². The third-order valence-corrected chi connectivity index (χ3v) is 2.56. The summed E-state index contributed by atoms with van der Waals surface area (Å²) >= 11 is 0. The molecule has 5 heteroatoms. The van der Waals surface area contributed by atoms with Crippen molar-refractivity contribution in [2.24, 2.45) is 0 Å². The Morgan fingerprint density at radius 1 is 1.62 bits per heavy atom. The Morgan fingerprint density at radius 3 is 3.15 bits per heavy atom. The quantitative estimate of drug-likeness (QED) is 0.572. The zero-order valence-corrected chi connectivity index (χ0v) is 7.27. The number of fused-ring (bicyclic) bond motifs is 1. The van der Waals surface area contributed by atoms with Crippen LogP contribution in [0.2, 0.25) is 0 Å². The van der Waals surface area contributed by atoms with Crippen LogP contribution in [0.5, 0.6) is 0 Å². The first kappa shape index (κ1) is 7.32. The minimum atomic E-state index is 0.0306. The van der Waals surface area contributed by atoms with Crippen molar-refractivity contribution in [2.45, 2.75) is 32.0 Å². The van der Waals surface area contributed by atoms with Gasteiger partial charge in [-0.1, -0.05) is 0 Å². The van der Waals surface area contributed by atoms with Crippen LogP contribution < -0.4 is 5.69 Å². The van der Waals surface area contributed by atoms with Crippen molar-refractivity contribution in [2.75, 3.05) is 6.61 Å². The molecule has 3 heterocycles. The van der Waals surface area contributed by atoms with E-state index in [0.29, 0.717) is 6.54 Å². The standard InChI is InChI=1S/C8H11N3O2/c12-8-10-3-1-2-7(10)9-11(8)4-6-5-13-6/h6H,1-5H2. The summed E-state index contributed by atoms with van der Waals surface area (Å²) in [5, 5.41) is 4.26. The Morgan fingerprint density at radius 2 is 2.46 bits per heavy atom. The molecule has 1 fully saturated rings. The largest absolute Gasteiger partial charge is 0.371 e. The topological polar surface area (TPSA) is 52.4 Å². The summed E-state index contributed by atoms with van der Waals surface area (Å²) in [5.74, 6) is 0.936. The van der Waals surface area contributed by atoms with Crippen LogP contribution in [-0.4, -0.2) is 27.1 Å². The fourth-order valence-electron chi connectivity index (χ4n) is 1.78. The maximum absolute atomic E-state index is 11.6. The highest BCUT2D eigenvalue weighted by Crippen LogP contribution is 2.12. The van der Waals surface area contributed by atoms with Crippen LogP contribution in [0.1, 0.15) is 12.2 Å². The van der Waals surface area contributed by atoms with Gasteiger partial charge in [-0.15, -0.1) is 0 Å². The Hall–Kier alpha value is -1.10. The predicted octanol–water partition coefficient (Wildman–Crippen LogP) is -0.610. The van der Waals surface area contributed by atoms with Crippen molar-refractivity contribution in [3.05, 3.63) is 16.3 Å². The number of rotatable bonds is 2. The lowest BCUT2D eigenvalue weighted by Gasteiger charge is -1.94. The molecule has 0 radical (unpaired) electrons. The normalized spacial score (nSPS) is 24.8. The first-order valence-corrected chi connectivity index (χ1v) is 4.63. The van der Waals surface area contributed by atoms with Crippen LogP contribution in [0.4, 0.5) is 0 Å². The van der Waals surface area contributed by atoms with Crippen LogP contribution in [0.3, 0.4) is 0 Å². The smallest absolute Gasteiger partial charge is 0.346 e. The Bertz CT molecular complexity index is 389. The summed E-state index contributed by atoms with van der Waals surface area (Å²) < 4.78 is 8.36. The summed E-state index contributed by atoms with van der Waals surface area (Å²) in [6.45, 7) is 2.23. The molecule has 0 saturated carbocycles. The van der Waals surface area contributed by atoms with Gasteiger partial charge in [-0.25, -0.2) is 9.48 Å². The number of epoxide rings is 1. The highest BCUT2D eigenvalue weighted by Gasteiger charge is 2.26. The molecule has 0 N–H and O–H groups in total. The summed E-state index contributed by atoms with van der Waals surface area (Å²) in [6.07, 6.45) is 2.22. The molecule has 1 saturated heterocycles. The summed E-state index contributed by atoms with van der Waals surface area (Å²) in [7, 11) is 0. The first-order chi connectivity index (χ1) is 6.34. The van der Waals surface area contributed by atoms with Crippen molar-refractivity contribution in [1.82, 2.24) is 14.3 Å². The van der Waals surface area contributed by atoms with Gasteiger partial charge in [-0.3, -0.25) is 4.57 Å². The van der Waals surface area contributed by atoms with Crippen LogP contribution in [0.25, 0.3) is 0 Å². The van der Waals surface area contributed by atoms with Gasteiger partial charge < -0.3 is 4.74 Å². The van der Waals surface area contributed by atoms with Gasteiger partial charge in [0, 0.05) is 13.0 Å². The average Bonchev–Trinajstić information content (AvgIpc) is 2.72. The van der Waals surface area contributed by atoms with E-state index >= 15 is 0 Å². The lowest BCUT2D eigenvalue weighted by Crippen LogP contribution is -2.26. The molecule has 2 aliphatic heterocycles. The molecule has 5 nitrogen and oxygen atoms in total. The molecule has 13 heavy (non-hydrogen) atoms. The van der Waals surface area contributed by atoms with Crippen molar-refractivity contribution < 1.29 is 4.74 Å². The number of aromatic nitrogens is 3. The molecule has 0 aliphatic carbocycles. The number of hydrogen-bond acceptors (Lipinski definition) is 3. The lowest BCUT2D eigenvalue weighted by atomic mass is 10.4. The Balaban J connectivity index is 1.97. The summed E-state index contributed by atoms with van der Waals surface area (Å²) in [4.78, 5) is 11.6. The third kappa shape index (κ3) is 1.11. The van der Waals surface area contributed by atoms with Crippen LogP contribution in [0.15, 0.2) is 4.79 Å². The molecule has 2 aliphatic rings. The molecule has 70 valence electrons. The first-order valence-electron chi connectivity index (χ1n) is 4.63. The molecule has 0 spiro atoms. The van der Waals surface area contributed by atoms with Crippen LogP contribution >= 0.6 is 0 Å².